The molecular formula is C20H32N2O2. The predicted molar refractivity (Wildman–Crippen MR) is 96.9 cm³/mol. The van der Waals surface area contributed by atoms with Crippen LogP contribution in [-0.4, -0.2) is 22.7 Å². The van der Waals surface area contributed by atoms with Gasteiger partial charge in [-0.05, 0) is 70.4 Å². The van der Waals surface area contributed by atoms with E-state index in [1.807, 2.05) is 33.0 Å². The first kappa shape index (κ1) is 18.8. The molecule has 1 N–H and O–H groups in total. The van der Waals surface area contributed by atoms with Crippen molar-refractivity contribution in [3.05, 3.63) is 30.1 Å². The Labute approximate surface area is 146 Å². The highest BCUT2D eigenvalue weighted by Gasteiger charge is 2.26. The fourth-order valence-corrected chi connectivity index (χ4v) is 3.49. The maximum absolute atomic E-state index is 12.2. The predicted octanol–water partition coefficient (Wildman–Crippen LogP) is 4.88. The summed E-state index contributed by atoms with van der Waals surface area (Å²) in [6, 6.07) is 4.31. The van der Waals surface area contributed by atoms with Crippen molar-refractivity contribution in [1.29, 1.82) is 0 Å². The number of pyridine rings is 1. The molecule has 4 nitrogen and oxygen atoms in total. The Morgan fingerprint density at radius 3 is 2.71 bits per heavy atom. The first-order valence-corrected chi connectivity index (χ1v) is 9.32. The van der Waals surface area contributed by atoms with Gasteiger partial charge in [-0.2, -0.15) is 0 Å². The molecule has 0 saturated heterocycles. The second-order valence-corrected chi connectivity index (χ2v) is 7.90. The van der Waals surface area contributed by atoms with Crippen LogP contribution in [0.25, 0.3) is 0 Å². The molecule has 0 spiro atoms. The van der Waals surface area contributed by atoms with Gasteiger partial charge in [0.15, 0.2) is 0 Å². The zero-order valence-corrected chi connectivity index (χ0v) is 15.4. The summed E-state index contributed by atoms with van der Waals surface area (Å²) in [5.41, 5.74) is 0.814. The number of aromatic nitrogens is 1. The van der Waals surface area contributed by atoms with Gasteiger partial charge >= 0.3 is 6.09 Å². The van der Waals surface area contributed by atoms with Gasteiger partial charge in [0.2, 0.25) is 0 Å². The van der Waals surface area contributed by atoms with E-state index < -0.39 is 5.60 Å². The average Bonchev–Trinajstić information content (AvgIpc) is 2.54. The minimum atomic E-state index is -0.448. The normalized spacial score (nSPS) is 17.3. The molecule has 4 heteroatoms. The number of carbonyl (C=O) groups excluding carboxylic acids is 1. The van der Waals surface area contributed by atoms with Gasteiger partial charge in [0.25, 0.3) is 0 Å². The van der Waals surface area contributed by atoms with Crippen molar-refractivity contribution in [1.82, 2.24) is 10.3 Å². The Morgan fingerprint density at radius 2 is 2.08 bits per heavy atom. The Hall–Kier alpha value is -1.58. The van der Waals surface area contributed by atoms with Crippen LogP contribution in [0.3, 0.4) is 0 Å². The van der Waals surface area contributed by atoms with Crippen LogP contribution in [0.15, 0.2) is 24.5 Å². The van der Waals surface area contributed by atoms with Crippen molar-refractivity contribution in [3.8, 4) is 0 Å². The number of carbonyl (C=O) groups is 1. The SMILES string of the molecule is CC(C)(C)OC(=O)N[C@H](CCCc1cccnc1)C1CCCCC1. The van der Waals surface area contributed by atoms with E-state index in [4.69, 9.17) is 4.74 Å². The molecule has 0 radical (unpaired) electrons. The minimum Gasteiger partial charge on any atom is -0.444 e. The smallest absolute Gasteiger partial charge is 0.407 e. The molecular weight excluding hydrogens is 300 g/mol. The molecule has 1 aromatic rings. The van der Waals surface area contributed by atoms with E-state index in [1.54, 1.807) is 6.20 Å². The summed E-state index contributed by atoms with van der Waals surface area (Å²) in [5, 5.41) is 3.15. The summed E-state index contributed by atoms with van der Waals surface area (Å²) in [6.07, 6.45) is 12.8. The largest absolute Gasteiger partial charge is 0.444 e. The minimum absolute atomic E-state index is 0.219. The maximum Gasteiger partial charge on any atom is 0.407 e. The number of nitrogens with zero attached hydrogens (tertiary/aromatic N) is 1. The third kappa shape index (κ3) is 6.90. The fraction of sp³-hybridized carbons (Fsp3) is 0.700. The lowest BCUT2D eigenvalue weighted by molar-refractivity contribution is 0.0472. The molecule has 2 rings (SSSR count). The first-order chi connectivity index (χ1) is 11.4. The Kier molecular flexibility index (Phi) is 7.07. The molecule has 134 valence electrons. The molecule has 0 bridgehead atoms. The average molecular weight is 332 g/mol. The van der Waals surface area contributed by atoms with Gasteiger partial charge < -0.3 is 10.1 Å². The fourth-order valence-electron chi connectivity index (χ4n) is 3.49. The van der Waals surface area contributed by atoms with E-state index in [9.17, 15) is 4.79 Å². The number of hydrogen-bond acceptors (Lipinski definition) is 3. The van der Waals surface area contributed by atoms with Gasteiger partial charge in [0.1, 0.15) is 5.60 Å². The van der Waals surface area contributed by atoms with E-state index in [2.05, 4.69) is 16.4 Å². The van der Waals surface area contributed by atoms with Crippen molar-refractivity contribution in [2.45, 2.75) is 83.8 Å². The number of aryl methyl sites for hydroxylation is 1. The molecule has 0 unspecified atom stereocenters. The highest BCUT2D eigenvalue weighted by molar-refractivity contribution is 5.68. The first-order valence-electron chi connectivity index (χ1n) is 9.32. The van der Waals surface area contributed by atoms with E-state index >= 15 is 0 Å². The molecule has 1 heterocycles. The van der Waals surface area contributed by atoms with Gasteiger partial charge in [-0.15, -0.1) is 0 Å². The van der Waals surface area contributed by atoms with Crippen molar-refractivity contribution in [2.75, 3.05) is 0 Å². The van der Waals surface area contributed by atoms with Crippen molar-refractivity contribution in [3.63, 3.8) is 0 Å². The lowest BCUT2D eigenvalue weighted by Gasteiger charge is -2.32. The van der Waals surface area contributed by atoms with Crippen LogP contribution < -0.4 is 5.32 Å². The quantitative estimate of drug-likeness (QED) is 0.808. The number of hydrogen-bond donors (Lipinski definition) is 1. The molecule has 1 saturated carbocycles. The van der Waals surface area contributed by atoms with Gasteiger partial charge in [-0.3, -0.25) is 4.98 Å². The van der Waals surface area contributed by atoms with Gasteiger partial charge in [0.05, 0.1) is 0 Å². The zero-order valence-electron chi connectivity index (χ0n) is 15.4. The summed E-state index contributed by atoms with van der Waals surface area (Å²) < 4.78 is 5.46. The molecule has 1 atom stereocenters. The molecule has 1 aliphatic rings. The molecule has 1 aliphatic carbocycles. The summed E-state index contributed by atoms with van der Waals surface area (Å²) >= 11 is 0. The lowest BCUT2D eigenvalue weighted by Crippen LogP contribution is -2.43. The number of ether oxygens (including phenoxy) is 1. The van der Waals surface area contributed by atoms with Crippen LogP contribution in [0.1, 0.15) is 71.3 Å². The van der Waals surface area contributed by atoms with Crippen LogP contribution in [0.5, 0.6) is 0 Å². The Balaban J connectivity index is 1.88. The van der Waals surface area contributed by atoms with Crippen LogP contribution in [0, 0.1) is 5.92 Å². The summed E-state index contributed by atoms with van der Waals surface area (Å²) in [7, 11) is 0. The van der Waals surface area contributed by atoms with Crippen LogP contribution in [0.4, 0.5) is 4.79 Å². The number of amides is 1. The van der Waals surface area contributed by atoms with Crippen LogP contribution in [0.2, 0.25) is 0 Å². The second kappa shape index (κ2) is 9.05. The van der Waals surface area contributed by atoms with E-state index in [0.717, 1.165) is 19.3 Å². The summed E-state index contributed by atoms with van der Waals surface area (Å²) in [4.78, 5) is 16.4. The summed E-state index contributed by atoms with van der Waals surface area (Å²) in [6.45, 7) is 5.72. The van der Waals surface area contributed by atoms with E-state index in [0.29, 0.717) is 5.92 Å². The second-order valence-electron chi connectivity index (χ2n) is 7.90. The standard InChI is InChI=1S/C20H32N2O2/c1-20(2,3)24-19(23)22-18(17-11-5-4-6-12-17)13-7-9-16-10-8-14-21-15-16/h8,10,14-15,17-18H,4-7,9,11-13H2,1-3H3,(H,22,23)/t18-/m1/s1. The van der Waals surface area contributed by atoms with Gasteiger partial charge in [-0.25, -0.2) is 4.79 Å². The molecule has 0 aliphatic heterocycles. The monoisotopic (exact) mass is 332 g/mol. The summed E-state index contributed by atoms with van der Waals surface area (Å²) in [5.74, 6) is 0.583. The van der Waals surface area contributed by atoms with Crippen LogP contribution >= 0.6 is 0 Å². The topological polar surface area (TPSA) is 51.2 Å². The molecule has 1 aromatic heterocycles. The third-order valence-corrected chi connectivity index (χ3v) is 4.62. The molecule has 1 amide bonds. The Bertz CT molecular complexity index is 490. The zero-order chi connectivity index (χ0) is 17.4. The lowest BCUT2D eigenvalue weighted by atomic mass is 9.82. The Morgan fingerprint density at radius 1 is 1.33 bits per heavy atom. The third-order valence-electron chi connectivity index (χ3n) is 4.62. The van der Waals surface area contributed by atoms with Gasteiger partial charge in [0, 0.05) is 18.4 Å². The molecule has 0 aromatic carbocycles. The number of alkyl carbamates (subject to hydrolysis) is 1. The van der Waals surface area contributed by atoms with E-state index in [-0.39, 0.29) is 12.1 Å². The highest BCUT2D eigenvalue weighted by Crippen LogP contribution is 2.29. The highest BCUT2D eigenvalue weighted by atomic mass is 16.6. The van der Waals surface area contributed by atoms with Crippen molar-refractivity contribution >= 4 is 6.09 Å². The van der Waals surface area contributed by atoms with E-state index in [1.165, 1.54) is 37.7 Å². The maximum atomic E-state index is 12.2. The number of rotatable bonds is 6. The van der Waals surface area contributed by atoms with Crippen molar-refractivity contribution < 1.29 is 9.53 Å². The molecule has 1 fully saturated rings. The number of nitrogens with one attached hydrogen (secondary N) is 1. The van der Waals surface area contributed by atoms with Crippen molar-refractivity contribution in [2.24, 2.45) is 5.92 Å². The molecule has 24 heavy (non-hydrogen) atoms. The van der Waals surface area contributed by atoms with Gasteiger partial charge in [-0.1, -0.05) is 25.3 Å². The van der Waals surface area contributed by atoms with Crippen LogP contribution in [-0.2, 0) is 11.2 Å².